The van der Waals surface area contributed by atoms with Gasteiger partial charge in [-0.2, -0.15) is 0 Å². The van der Waals surface area contributed by atoms with Crippen molar-refractivity contribution in [2.45, 2.75) is 37.6 Å². The summed E-state index contributed by atoms with van der Waals surface area (Å²) < 4.78 is 27.4. The summed E-state index contributed by atoms with van der Waals surface area (Å²) in [4.78, 5) is 0.357. The molecular formula is C15H24N2O2S. The zero-order valence-corrected chi connectivity index (χ0v) is 13.0. The van der Waals surface area contributed by atoms with Gasteiger partial charge in [-0.25, -0.2) is 13.1 Å². The third-order valence-corrected chi connectivity index (χ3v) is 5.59. The Labute approximate surface area is 122 Å². The number of benzene rings is 1. The Bertz CT molecular complexity index is 543. The van der Waals surface area contributed by atoms with Crippen LogP contribution in [0.4, 0.5) is 0 Å². The van der Waals surface area contributed by atoms with Crippen molar-refractivity contribution in [2.24, 2.45) is 11.8 Å². The molecule has 1 fully saturated rings. The molecule has 2 rings (SSSR count). The molecule has 0 bridgehead atoms. The minimum atomic E-state index is -3.39. The average molecular weight is 296 g/mol. The number of nitrogens with one attached hydrogen (secondary N) is 2. The maximum absolute atomic E-state index is 12.3. The fourth-order valence-corrected chi connectivity index (χ4v) is 4.02. The summed E-state index contributed by atoms with van der Waals surface area (Å²) in [6, 6.07) is 7.10. The van der Waals surface area contributed by atoms with E-state index in [1.807, 2.05) is 13.1 Å². The van der Waals surface area contributed by atoms with Crippen LogP contribution in [0.3, 0.4) is 0 Å². The van der Waals surface area contributed by atoms with Crippen molar-refractivity contribution in [1.29, 1.82) is 0 Å². The number of hydrogen-bond acceptors (Lipinski definition) is 3. The van der Waals surface area contributed by atoms with E-state index in [-0.39, 0.29) is 0 Å². The summed E-state index contributed by atoms with van der Waals surface area (Å²) in [5.41, 5.74) is 0.976. The van der Waals surface area contributed by atoms with E-state index >= 15 is 0 Å². The van der Waals surface area contributed by atoms with Gasteiger partial charge >= 0.3 is 0 Å². The first-order valence-corrected chi connectivity index (χ1v) is 8.74. The minimum Gasteiger partial charge on any atom is -0.316 e. The summed E-state index contributed by atoms with van der Waals surface area (Å²) in [5, 5.41) is 3.03. The van der Waals surface area contributed by atoms with Gasteiger partial charge in [0.15, 0.2) is 0 Å². The molecule has 112 valence electrons. The highest BCUT2D eigenvalue weighted by atomic mass is 32.2. The zero-order chi connectivity index (χ0) is 14.6. The first-order valence-electron chi connectivity index (χ1n) is 7.26. The molecule has 0 heterocycles. The normalized spacial score (nSPS) is 23.1. The Morgan fingerprint density at radius 2 is 2.10 bits per heavy atom. The van der Waals surface area contributed by atoms with Crippen LogP contribution in [0.2, 0.25) is 0 Å². The molecule has 1 saturated carbocycles. The van der Waals surface area contributed by atoms with Crippen molar-refractivity contribution in [2.75, 3.05) is 13.6 Å². The van der Waals surface area contributed by atoms with Gasteiger partial charge in [-0.3, -0.25) is 0 Å². The zero-order valence-electron chi connectivity index (χ0n) is 12.2. The molecule has 0 radical (unpaired) electrons. The highest BCUT2D eigenvalue weighted by Crippen LogP contribution is 2.30. The van der Waals surface area contributed by atoms with Gasteiger partial charge < -0.3 is 5.32 Å². The second kappa shape index (κ2) is 6.70. The number of sulfonamides is 1. The van der Waals surface area contributed by atoms with E-state index in [1.165, 1.54) is 12.8 Å². The standard InChI is InChI=1S/C15H24N2O2S/c1-12-5-3-7-14(12)11-17-20(18,19)15-8-4-6-13(9-15)10-16-2/h4,6,8-9,12,14,16-17H,3,5,7,10-11H2,1-2H3. The van der Waals surface area contributed by atoms with E-state index < -0.39 is 10.0 Å². The van der Waals surface area contributed by atoms with E-state index in [0.717, 1.165) is 12.0 Å². The third-order valence-electron chi connectivity index (χ3n) is 4.16. The van der Waals surface area contributed by atoms with E-state index in [9.17, 15) is 8.42 Å². The molecule has 1 aromatic carbocycles. The van der Waals surface area contributed by atoms with Crippen LogP contribution in [0.5, 0.6) is 0 Å². The smallest absolute Gasteiger partial charge is 0.240 e. The Morgan fingerprint density at radius 3 is 2.75 bits per heavy atom. The maximum Gasteiger partial charge on any atom is 0.240 e. The maximum atomic E-state index is 12.3. The molecule has 0 aromatic heterocycles. The van der Waals surface area contributed by atoms with Crippen LogP contribution in [0.15, 0.2) is 29.2 Å². The largest absolute Gasteiger partial charge is 0.316 e. The van der Waals surface area contributed by atoms with Crippen LogP contribution in [0.25, 0.3) is 0 Å². The Kier molecular flexibility index (Phi) is 5.18. The van der Waals surface area contributed by atoms with Gasteiger partial charge in [0.05, 0.1) is 4.90 Å². The van der Waals surface area contributed by atoms with Crippen LogP contribution in [0, 0.1) is 11.8 Å². The molecule has 2 N–H and O–H groups in total. The molecule has 0 spiro atoms. The first-order chi connectivity index (χ1) is 9.53. The van der Waals surface area contributed by atoms with Crippen LogP contribution in [-0.2, 0) is 16.6 Å². The van der Waals surface area contributed by atoms with Gasteiger partial charge in [0.2, 0.25) is 10.0 Å². The van der Waals surface area contributed by atoms with Gasteiger partial charge in [0.1, 0.15) is 0 Å². The van der Waals surface area contributed by atoms with E-state index in [2.05, 4.69) is 17.0 Å². The van der Waals surface area contributed by atoms with Crippen LogP contribution >= 0.6 is 0 Å². The van der Waals surface area contributed by atoms with Crippen molar-refractivity contribution in [3.05, 3.63) is 29.8 Å². The van der Waals surface area contributed by atoms with E-state index in [0.29, 0.717) is 29.8 Å². The highest BCUT2D eigenvalue weighted by Gasteiger charge is 2.25. The van der Waals surface area contributed by atoms with Crippen LogP contribution < -0.4 is 10.0 Å². The van der Waals surface area contributed by atoms with Crippen LogP contribution in [-0.4, -0.2) is 22.0 Å². The van der Waals surface area contributed by atoms with Crippen molar-refractivity contribution >= 4 is 10.0 Å². The molecular weight excluding hydrogens is 272 g/mol. The lowest BCUT2D eigenvalue weighted by atomic mass is 9.99. The molecule has 20 heavy (non-hydrogen) atoms. The highest BCUT2D eigenvalue weighted by molar-refractivity contribution is 7.89. The first kappa shape index (κ1) is 15.5. The summed E-state index contributed by atoms with van der Waals surface area (Å²) in [6.07, 6.45) is 3.55. The lowest BCUT2D eigenvalue weighted by Crippen LogP contribution is -2.30. The fraction of sp³-hybridized carbons (Fsp3) is 0.600. The molecule has 2 unspecified atom stereocenters. The second-order valence-electron chi connectivity index (χ2n) is 5.70. The Hall–Kier alpha value is -0.910. The van der Waals surface area contributed by atoms with Gasteiger partial charge in [-0.1, -0.05) is 31.9 Å². The topological polar surface area (TPSA) is 58.2 Å². The monoisotopic (exact) mass is 296 g/mol. The quantitative estimate of drug-likeness (QED) is 0.845. The number of hydrogen-bond donors (Lipinski definition) is 2. The minimum absolute atomic E-state index is 0.357. The molecule has 0 saturated heterocycles. The van der Waals surface area contributed by atoms with E-state index in [4.69, 9.17) is 0 Å². The molecule has 2 atom stereocenters. The summed E-state index contributed by atoms with van der Waals surface area (Å²) in [6.45, 7) is 3.43. The average Bonchev–Trinajstić information content (AvgIpc) is 2.83. The predicted molar refractivity (Wildman–Crippen MR) is 80.9 cm³/mol. The van der Waals surface area contributed by atoms with E-state index in [1.54, 1.807) is 18.2 Å². The van der Waals surface area contributed by atoms with Crippen molar-refractivity contribution in [1.82, 2.24) is 10.0 Å². The third kappa shape index (κ3) is 3.81. The second-order valence-corrected chi connectivity index (χ2v) is 7.46. The van der Waals surface area contributed by atoms with Crippen molar-refractivity contribution in [3.63, 3.8) is 0 Å². The van der Waals surface area contributed by atoms with Crippen LogP contribution in [0.1, 0.15) is 31.7 Å². The molecule has 1 aromatic rings. The van der Waals surface area contributed by atoms with Gasteiger partial charge in [0, 0.05) is 13.1 Å². The predicted octanol–water partition coefficient (Wildman–Crippen LogP) is 2.12. The Morgan fingerprint density at radius 1 is 1.30 bits per heavy atom. The van der Waals surface area contributed by atoms with Gasteiger partial charge in [-0.05, 0) is 43.0 Å². The summed E-state index contributed by atoms with van der Waals surface area (Å²) in [7, 11) is -1.54. The molecule has 5 heteroatoms. The van der Waals surface area contributed by atoms with Gasteiger partial charge in [-0.15, -0.1) is 0 Å². The van der Waals surface area contributed by atoms with Gasteiger partial charge in [0.25, 0.3) is 0 Å². The Balaban J connectivity index is 2.04. The molecule has 1 aliphatic carbocycles. The summed E-state index contributed by atoms with van der Waals surface area (Å²) >= 11 is 0. The van der Waals surface area contributed by atoms with Crippen molar-refractivity contribution < 1.29 is 8.42 Å². The summed E-state index contributed by atoms with van der Waals surface area (Å²) in [5.74, 6) is 1.10. The molecule has 4 nitrogen and oxygen atoms in total. The molecule has 0 amide bonds. The number of rotatable bonds is 6. The lowest BCUT2D eigenvalue weighted by molar-refractivity contribution is 0.414. The SMILES string of the molecule is CNCc1cccc(S(=O)(=O)NCC2CCCC2C)c1. The van der Waals surface area contributed by atoms with Crippen molar-refractivity contribution in [3.8, 4) is 0 Å². The molecule has 1 aliphatic rings. The lowest BCUT2D eigenvalue weighted by Gasteiger charge is -2.16. The fourth-order valence-electron chi connectivity index (χ4n) is 2.85. The molecule has 0 aliphatic heterocycles.